The predicted octanol–water partition coefficient (Wildman–Crippen LogP) is 0.446. The van der Waals surface area contributed by atoms with E-state index in [1.807, 2.05) is 12.2 Å². The fraction of sp³-hybridized carbons (Fsp3) is 0.450. The average molecular weight is 579 g/mol. The zero-order valence-corrected chi connectivity index (χ0v) is 22.2. The summed E-state index contributed by atoms with van der Waals surface area (Å²) in [5, 5.41) is 28.3. The molecule has 38 heavy (non-hydrogen) atoms. The Hall–Kier alpha value is -3.51. The molecular weight excluding hydrogens is 556 g/mol. The van der Waals surface area contributed by atoms with Gasteiger partial charge in [-0.3, -0.25) is 14.5 Å². The summed E-state index contributed by atoms with van der Waals surface area (Å²) in [5.41, 5.74) is 6.18. The molecule has 18 heteroatoms. The Morgan fingerprint density at radius 1 is 1.39 bits per heavy atom. The number of aliphatic carboxylic acids is 1. The summed E-state index contributed by atoms with van der Waals surface area (Å²) in [5.74, 6) is -1.17. The molecule has 1 saturated heterocycles. The van der Waals surface area contributed by atoms with Gasteiger partial charge >= 0.3 is 5.97 Å². The first-order chi connectivity index (χ1) is 18.4. The van der Waals surface area contributed by atoms with E-state index in [1.165, 1.54) is 33.1 Å². The number of aromatic nitrogens is 6. The number of carboxylic acids is 1. The molecule has 2 aromatic rings. The third kappa shape index (κ3) is 5.65. The summed E-state index contributed by atoms with van der Waals surface area (Å²) < 4.78 is 5.42. The second kappa shape index (κ2) is 11.5. The Kier molecular flexibility index (Phi) is 7.89. The molecule has 2 atom stereocenters. The number of nitrogens with two attached hydrogens (primary N) is 1. The fourth-order valence-electron chi connectivity index (χ4n) is 3.87. The number of anilines is 1. The molecule has 1 fully saturated rings. The van der Waals surface area contributed by atoms with Crippen molar-refractivity contribution in [3.63, 3.8) is 0 Å². The average Bonchev–Trinajstić information content (AvgIpc) is 3.54. The summed E-state index contributed by atoms with van der Waals surface area (Å²) in [7, 11) is 0. The smallest absolute Gasteiger partial charge is 0.352 e. The van der Waals surface area contributed by atoms with Gasteiger partial charge in [0.25, 0.3) is 5.91 Å². The summed E-state index contributed by atoms with van der Waals surface area (Å²) in [6.07, 6.45) is 6.69. The van der Waals surface area contributed by atoms with Gasteiger partial charge in [0.05, 0.1) is 11.8 Å². The highest BCUT2D eigenvalue weighted by atomic mass is 32.2. The number of hydrogen-bond acceptors (Lipinski definition) is 14. The lowest BCUT2D eigenvalue weighted by Gasteiger charge is -2.43. The first-order valence-electron chi connectivity index (χ1n) is 11.5. The molecular formula is C20H22N10O5S3. The lowest BCUT2D eigenvalue weighted by Crippen LogP contribution is -2.54. The zero-order chi connectivity index (χ0) is 26.6. The van der Waals surface area contributed by atoms with E-state index in [-0.39, 0.29) is 52.2 Å². The summed E-state index contributed by atoms with van der Waals surface area (Å²) in [4.78, 5) is 47.7. The Bertz CT molecular complexity index is 1340. The van der Waals surface area contributed by atoms with Gasteiger partial charge in [0.15, 0.2) is 5.13 Å². The minimum Gasteiger partial charge on any atom is -0.477 e. The van der Waals surface area contributed by atoms with Gasteiger partial charge in [0, 0.05) is 23.0 Å². The lowest BCUT2D eigenvalue weighted by molar-refractivity contribution is -0.146. The van der Waals surface area contributed by atoms with Crippen LogP contribution in [0.2, 0.25) is 0 Å². The van der Waals surface area contributed by atoms with Crippen molar-refractivity contribution >= 4 is 63.7 Å². The van der Waals surface area contributed by atoms with E-state index in [0.29, 0.717) is 22.9 Å². The molecule has 2 aliphatic heterocycles. The first kappa shape index (κ1) is 26.1. The number of rotatable bonds is 10. The van der Waals surface area contributed by atoms with Crippen molar-refractivity contribution in [3.8, 4) is 0 Å². The molecule has 15 nitrogen and oxygen atoms in total. The monoisotopic (exact) mass is 578 g/mol. The van der Waals surface area contributed by atoms with E-state index in [9.17, 15) is 19.5 Å². The molecule has 2 unspecified atom stereocenters. The molecule has 1 aliphatic carbocycles. The number of nitrogens with one attached hydrogen (secondary N) is 1. The van der Waals surface area contributed by atoms with Gasteiger partial charge in [-0.1, -0.05) is 23.0 Å². The van der Waals surface area contributed by atoms with Crippen molar-refractivity contribution < 1.29 is 24.3 Å². The van der Waals surface area contributed by atoms with Crippen molar-refractivity contribution in [2.24, 2.45) is 5.16 Å². The van der Waals surface area contributed by atoms with Gasteiger partial charge in [0.1, 0.15) is 18.5 Å². The highest BCUT2D eigenvalue weighted by molar-refractivity contribution is 8.00. The van der Waals surface area contributed by atoms with Crippen LogP contribution < -0.4 is 11.1 Å². The van der Waals surface area contributed by atoms with Crippen LogP contribution in [0.3, 0.4) is 0 Å². The van der Waals surface area contributed by atoms with Gasteiger partial charge < -0.3 is 21.0 Å². The first-order valence-corrected chi connectivity index (χ1v) is 14.3. The summed E-state index contributed by atoms with van der Waals surface area (Å²) >= 11 is 3.65. The van der Waals surface area contributed by atoms with Crippen LogP contribution in [0, 0.1) is 0 Å². The van der Waals surface area contributed by atoms with Gasteiger partial charge in [0.2, 0.25) is 22.6 Å². The number of hydrogen-bond donors (Lipinski definition) is 3. The minimum atomic E-state index is -1.14. The SMILES string of the molecule is Nc1nc(/C(=N\OC2C=CCCC2)C(=O)NCn2nnnc2SCC2=C(C(=O)O)N3C(=O)CC3SC2)ns1. The van der Waals surface area contributed by atoms with E-state index in [4.69, 9.17) is 10.6 Å². The number of carboxylic acid groups (broad SMARTS) is 1. The fourth-order valence-corrected chi connectivity index (χ4v) is 6.59. The molecule has 0 bridgehead atoms. The molecule has 0 spiro atoms. The number of carbonyl (C=O) groups excluding carboxylic acids is 2. The number of nitrogens with zero attached hydrogens (tertiary/aromatic N) is 8. The Morgan fingerprint density at radius 2 is 2.26 bits per heavy atom. The number of thioether (sulfide) groups is 2. The van der Waals surface area contributed by atoms with Gasteiger partial charge in [-0.15, -0.1) is 16.9 Å². The van der Waals surface area contributed by atoms with Gasteiger partial charge in [-0.05, 0) is 41.3 Å². The number of β-lactam (4-membered cyclic amide) rings is 1. The molecule has 0 radical (unpaired) electrons. The number of amides is 2. The maximum Gasteiger partial charge on any atom is 0.352 e. The number of nitrogen functional groups attached to an aromatic ring is 1. The van der Waals surface area contributed by atoms with E-state index in [2.05, 4.69) is 35.4 Å². The van der Waals surface area contributed by atoms with Crippen molar-refractivity contribution in [3.05, 3.63) is 29.2 Å². The number of fused-ring (bicyclic) bond motifs is 1. The van der Waals surface area contributed by atoms with Crippen molar-refractivity contribution in [2.75, 3.05) is 17.2 Å². The molecule has 0 saturated carbocycles. The standard InChI is InChI=1S/C20H22N10O5S3/c21-19-23-16(26-38-19)14(25-35-11-4-2-1-3-5-11)17(32)22-9-29-20(24-27-28-29)37-8-10-7-36-13-6-12(31)30(13)15(10)18(33)34/h2,4,11,13H,1,3,5-9H2,(H,22,32)(H,33,34)(H2,21,23,26)/b25-14+. The molecule has 4 N–H and O–H groups in total. The summed E-state index contributed by atoms with van der Waals surface area (Å²) in [6, 6.07) is 0. The number of tetrazole rings is 1. The van der Waals surface area contributed by atoms with E-state index in [1.54, 1.807) is 0 Å². The van der Waals surface area contributed by atoms with Crippen molar-refractivity contribution in [1.82, 2.24) is 39.8 Å². The Balaban J connectivity index is 1.25. The molecule has 2 aromatic heterocycles. The molecule has 5 rings (SSSR count). The number of carbonyl (C=O) groups is 3. The highest BCUT2D eigenvalue weighted by Crippen LogP contribution is 2.41. The maximum absolute atomic E-state index is 13.0. The second-order valence-electron chi connectivity index (χ2n) is 8.30. The van der Waals surface area contributed by atoms with Gasteiger partial charge in [-0.2, -0.15) is 9.36 Å². The second-order valence-corrected chi connectivity index (χ2v) is 11.2. The third-order valence-electron chi connectivity index (χ3n) is 5.76. The van der Waals surface area contributed by atoms with Crippen LogP contribution in [-0.4, -0.2) is 86.1 Å². The number of oxime groups is 1. The van der Waals surface area contributed by atoms with Crippen LogP contribution in [0.15, 0.2) is 33.7 Å². The zero-order valence-electron chi connectivity index (χ0n) is 19.7. The molecule has 0 aromatic carbocycles. The van der Waals surface area contributed by atoms with Crippen LogP contribution in [0.4, 0.5) is 5.13 Å². The van der Waals surface area contributed by atoms with E-state index >= 15 is 0 Å². The number of allylic oxidation sites excluding steroid dienone is 1. The Labute approximate surface area is 228 Å². The largest absolute Gasteiger partial charge is 0.477 e. The van der Waals surface area contributed by atoms with Crippen LogP contribution in [0.25, 0.3) is 0 Å². The van der Waals surface area contributed by atoms with Crippen LogP contribution in [0.5, 0.6) is 0 Å². The van der Waals surface area contributed by atoms with Crippen LogP contribution >= 0.6 is 35.1 Å². The normalized spacial score (nSPS) is 21.2. The van der Waals surface area contributed by atoms with Crippen LogP contribution in [-0.2, 0) is 25.9 Å². The lowest BCUT2D eigenvalue weighted by atomic mass is 10.1. The quantitative estimate of drug-likeness (QED) is 0.115. The molecule has 2 amide bonds. The molecule has 200 valence electrons. The third-order valence-corrected chi connectivity index (χ3v) is 8.62. The van der Waals surface area contributed by atoms with Crippen molar-refractivity contribution in [2.45, 2.75) is 49.0 Å². The minimum absolute atomic E-state index is 0.0218. The maximum atomic E-state index is 13.0. The predicted molar refractivity (Wildman–Crippen MR) is 138 cm³/mol. The van der Waals surface area contributed by atoms with Crippen molar-refractivity contribution in [1.29, 1.82) is 0 Å². The highest BCUT2D eigenvalue weighted by Gasteiger charge is 2.45. The Morgan fingerprint density at radius 3 is 2.97 bits per heavy atom. The molecule has 3 aliphatic rings. The summed E-state index contributed by atoms with van der Waals surface area (Å²) in [6.45, 7) is -0.109. The van der Waals surface area contributed by atoms with Crippen LogP contribution in [0.1, 0.15) is 31.5 Å². The van der Waals surface area contributed by atoms with E-state index < -0.39 is 11.9 Å². The van der Waals surface area contributed by atoms with Gasteiger partial charge in [-0.25, -0.2) is 9.48 Å². The topological polar surface area (TPSA) is 204 Å². The van der Waals surface area contributed by atoms with E-state index in [0.717, 1.165) is 30.8 Å². The molecule has 4 heterocycles.